The smallest absolute Gasteiger partial charge is 0.416 e. The summed E-state index contributed by atoms with van der Waals surface area (Å²) in [6, 6.07) is 9.36. The number of halogens is 4. The van der Waals surface area contributed by atoms with Crippen LogP contribution in [0.25, 0.3) is 0 Å². The number of hydrogen-bond acceptors (Lipinski definition) is 4. The van der Waals surface area contributed by atoms with Crippen LogP contribution in [0.1, 0.15) is 83.4 Å². The molecule has 2 aromatic carbocycles. The number of likely N-dealkylation sites (N-methyl/N-ethyl adjacent to an activating group) is 2. The minimum absolute atomic E-state index is 0.155. The van der Waals surface area contributed by atoms with Gasteiger partial charge in [-0.2, -0.15) is 13.2 Å². The van der Waals surface area contributed by atoms with E-state index in [9.17, 15) is 27.2 Å². The van der Waals surface area contributed by atoms with Gasteiger partial charge in [0.25, 0.3) is 0 Å². The normalized spacial score (nSPS) is 10.3. The van der Waals surface area contributed by atoms with E-state index in [1.807, 2.05) is 41.8 Å². The van der Waals surface area contributed by atoms with E-state index in [0.717, 1.165) is 17.7 Å². The maximum atomic E-state index is 13.7. The first-order chi connectivity index (χ1) is 21.2. The lowest BCUT2D eigenvalue weighted by Crippen LogP contribution is -2.47. The predicted octanol–water partition coefficient (Wildman–Crippen LogP) is 7.96. The van der Waals surface area contributed by atoms with Crippen LogP contribution in [0.5, 0.6) is 5.75 Å². The van der Waals surface area contributed by atoms with Gasteiger partial charge in [-0.05, 0) is 71.5 Å². The lowest BCUT2D eigenvalue weighted by atomic mass is 10.1. The Morgan fingerprint density at radius 2 is 1.56 bits per heavy atom. The summed E-state index contributed by atoms with van der Waals surface area (Å²) in [7, 11) is 5.33. The lowest BCUT2D eigenvalue weighted by Gasteiger charge is -2.26. The van der Waals surface area contributed by atoms with Gasteiger partial charge in [-0.1, -0.05) is 63.9 Å². The summed E-state index contributed by atoms with van der Waals surface area (Å²) >= 11 is 0. The minimum Gasteiger partial charge on any atom is -0.491 e. The van der Waals surface area contributed by atoms with Crippen LogP contribution < -0.4 is 15.4 Å². The number of nitrogens with zero attached hydrogens (tertiary/aromatic N) is 1. The molecule has 0 saturated carbocycles. The first-order valence-corrected chi connectivity index (χ1v) is 15.3. The molecule has 45 heavy (non-hydrogen) atoms. The van der Waals surface area contributed by atoms with Gasteiger partial charge in [0.1, 0.15) is 6.04 Å². The number of rotatable bonds is 10. The number of amides is 2. The van der Waals surface area contributed by atoms with Crippen LogP contribution in [-0.4, -0.2) is 57.1 Å². The SMILES string of the molecule is C#CCC(C(=O)NCC)N(C)C(=O)CCCCOc1ccc(C)cc1F.CC.CCC.CNC.Cc1cccc(C(F)(F)F)c1. The van der Waals surface area contributed by atoms with E-state index in [0.29, 0.717) is 31.6 Å². The van der Waals surface area contributed by atoms with Crippen LogP contribution >= 0.6 is 0 Å². The van der Waals surface area contributed by atoms with E-state index in [-0.39, 0.29) is 36.2 Å². The standard InChI is InChI=1S/C20H27FN2O3.C8H7F3.C3H8.C2H7N.C2H6/c1-5-9-17(20(25)22-6-2)23(4)19(24)10-7-8-13-26-18-12-11-15(3)14-16(18)21;1-6-3-2-4-7(5-6)8(9,10)11;2*1-3-2;1-2/h1,11-12,14,17H,6-10,13H2,2-4H3,(H,22,25);2-5H,1H3;3H2,1-2H3;3H,1-2H3;1-2H3. The Morgan fingerprint density at radius 1 is 1.00 bits per heavy atom. The van der Waals surface area contributed by atoms with E-state index >= 15 is 0 Å². The van der Waals surface area contributed by atoms with Crippen molar-refractivity contribution in [3.05, 3.63) is 65.0 Å². The Hall–Kier alpha value is -3.58. The summed E-state index contributed by atoms with van der Waals surface area (Å²) in [6.45, 7) is 14.3. The monoisotopic (exact) mass is 641 g/mol. The molecule has 0 fully saturated rings. The van der Waals surface area contributed by atoms with Crippen LogP contribution in [0.15, 0.2) is 42.5 Å². The van der Waals surface area contributed by atoms with E-state index in [1.165, 1.54) is 23.5 Å². The second kappa shape index (κ2) is 27.9. The third-order valence-electron chi connectivity index (χ3n) is 5.30. The van der Waals surface area contributed by atoms with E-state index < -0.39 is 17.8 Å². The predicted molar refractivity (Wildman–Crippen MR) is 178 cm³/mol. The number of aryl methyl sites for hydroxylation is 2. The molecule has 0 bridgehead atoms. The first-order valence-electron chi connectivity index (χ1n) is 15.3. The van der Waals surface area contributed by atoms with Gasteiger partial charge >= 0.3 is 6.18 Å². The highest BCUT2D eigenvalue weighted by Gasteiger charge is 2.30. The highest BCUT2D eigenvalue weighted by atomic mass is 19.4. The van der Waals surface area contributed by atoms with Crippen molar-refractivity contribution in [2.45, 2.75) is 92.8 Å². The van der Waals surface area contributed by atoms with Gasteiger partial charge in [0.15, 0.2) is 11.6 Å². The van der Waals surface area contributed by atoms with Crippen molar-refractivity contribution in [3.63, 3.8) is 0 Å². The molecule has 0 spiro atoms. The number of unbranched alkanes of at least 4 members (excludes halogenated alkanes) is 1. The molecule has 0 radical (unpaired) electrons. The number of ether oxygens (including phenoxy) is 1. The summed E-state index contributed by atoms with van der Waals surface area (Å²) < 4.78 is 55.0. The molecule has 2 rings (SSSR count). The van der Waals surface area contributed by atoms with Gasteiger partial charge < -0.3 is 20.3 Å². The van der Waals surface area contributed by atoms with Crippen LogP contribution in [0.4, 0.5) is 17.6 Å². The van der Waals surface area contributed by atoms with Crippen molar-refractivity contribution < 1.29 is 31.9 Å². The maximum absolute atomic E-state index is 13.7. The zero-order valence-electron chi connectivity index (χ0n) is 28.8. The molecule has 256 valence electrons. The molecular weight excluding hydrogens is 586 g/mol. The van der Waals surface area contributed by atoms with Gasteiger partial charge in [0.2, 0.25) is 11.8 Å². The number of hydrogen-bond donors (Lipinski definition) is 2. The second-order valence-electron chi connectivity index (χ2n) is 9.64. The van der Waals surface area contributed by atoms with Gasteiger partial charge in [0.05, 0.1) is 12.2 Å². The Bertz CT molecular complexity index is 1100. The van der Waals surface area contributed by atoms with Crippen molar-refractivity contribution in [1.29, 1.82) is 0 Å². The van der Waals surface area contributed by atoms with Crippen LogP contribution in [0.2, 0.25) is 0 Å². The van der Waals surface area contributed by atoms with Crippen molar-refractivity contribution in [3.8, 4) is 18.1 Å². The number of carbonyl (C=O) groups is 2. The third kappa shape index (κ3) is 22.6. The molecule has 0 heterocycles. The Kier molecular flexibility index (Phi) is 28.5. The number of benzene rings is 2. The molecule has 0 aliphatic carbocycles. The number of carbonyl (C=O) groups excluding carboxylic acids is 2. The van der Waals surface area contributed by atoms with Crippen LogP contribution in [0.3, 0.4) is 0 Å². The van der Waals surface area contributed by atoms with Gasteiger partial charge in [-0.25, -0.2) is 4.39 Å². The average Bonchev–Trinajstić information content (AvgIpc) is 2.98. The van der Waals surface area contributed by atoms with Crippen molar-refractivity contribution >= 4 is 11.8 Å². The molecule has 1 atom stereocenters. The summed E-state index contributed by atoms with van der Waals surface area (Å²) in [5.74, 6) is 1.85. The van der Waals surface area contributed by atoms with Gasteiger partial charge in [-0.15, -0.1) is 12.3 Å². The highest BCUT2D eigenvalue weighted by molar-refractivity contribution is 5.87. The van der Waals surface area contributed by atoms with Crippen molar-refractivity contribution in [2.24, 2.45) is 0 Å². The fourth-order valence-electron chi connectivity index (χ4n) is 3.26. The molecule has 2 N–H and O–H groups in total. The van der Waals surface area contributed by atoms with E-state index in [4.69, 9.17) is 11.2 Å². The summed E-state index contributed by atoms with van der Waals surface area (Å²) in [4.78, 5) is 25.7. The molecule has 0 saturated heterocycles. The first kappa shape index (κ1) is 45.8. The molecule has 10 heteroatoms. The average molecular weight is 642 g/mol. The third-order valence-corrected chi connectivity index (χ3v) is 5.30. The Labute approximate surface area is 269 Å². The quantitative estimate of drug-likeness (QED) is 0.157. The van der Waals surface area contributed by atoms with Crippen LogP contribution in [0, 0.1) is 32.0 Å². The molecule has 2 aromatic rings. The summed E-state index contributed by atoms with van der Waals surface area (Å²) in [5.41, 5.74) is 0.870. The number of nitrogens with one attached hydrogen (secondary N) is 2. The highest BCUT2D eigenvalue weighted by Crippen LogP contribution is 2.29. The van der Waals surface area contributed by atoms with Gasteiger partial charge in [0, 0.05) is 26.4 Å². The molecule has 0 aromatic heterocycles. The number of alkyl halides is 3. The molecule has 0 aliphatic rings. The molecular formula is C35H55F4N3O3. The van der Waals surface area contributed by atoms with Crippen molar-refractivity contribution in [1.82, 2.24) is 15.5 Å². The second-order valence-corrected chi connectivity index (χ2v) is 9.64. The topological polar surface area (TPSA) is 70.7 Å². The summed E-state index contributed by atoms with van der Waals surface area (Å²) in [5, 5.41) is 5.44. The molecule has 2 amide bonds. The van der Waals surface area contributed by atoms with E-state index in [2.05, 4.69) is 30.4 Å². The Morgan fingerprint density at radius 3 is 2.00 bits per heavy atom. The fourth-order valence-corrected chi connectivity index (χ4v) is 3.26. The fraction of sp³-hybridized carbons (Fsp3) is 0.543. The summed E-state index contributed by atoms with van der Waals surface area (Å²) in [6.07, 6.45) is 3.96. The maximum Gasteiger partial charge on any atom is 0.416 e. The van der Waals surface area contributed by atoms with E-state index in [1.54, 1.807) is 32.2 Å². The molecule has 6 nitrogen and oxygen atoms in total. The molecule has 1 unspecified atom stereocenters. The zero-order chi connectivity index (χ0) is 35.4. The lowest BCUT2D eigenvalue weighted by molar-refractivity contribution is -0.138. The van der Waals surface area contributed by atoms with Crippen LogP contribution in [-0.2, 0) is 15.8 Å². The minimum atomic E-state index is -4.22. The largest absolute Gasteiger partial charge is 0.491 e. The van der Waals surface area contributed by atoms with Crippen molar-refractivity contribution in [2.75, 3.05) is 34.3 Å². The molecule has 0 aliphatic heterocycles. The Balaban J connectivity index is -0.000000760. The number of terminal acetylenes is 1. The van der Waals surface area contributed by atoms with Gasteiger partial charge in [-0.3, -0.25) is 9.59 Å². The zero-order valence-corrected chi connectivity index (χ0v) is 28.8.